The van der Waals surface area contributed by atoms with E-state index in [2.05, 4.69) is 10.0 Å². The van der Waals surface area contributed by atoms with Crippen molar-refractivity contribution in [3.8, 4) is 0 Å². The Morgan fingerprint density at radius 3 is 2.76 bits per heavy atom. The van der Waals surface area contributed by atoms with E-state index in [1.54, 1.807) is 6.92 Å². The number of hydrogen-bond donors (Lipinski definition) is 1. The highest BCUT2D eigenvalue weighted by atomic mass is 16.5. The van der Waals surface area contributed by atoms with Crippen LogP contribution in [0.25, 0.3) is 10.4 Å². The highest BCUT2D eigenvalue weighted by Crippen LogP contribution is 2.04. The molecule has 0 aliphatic heterocycles. The molecule has 2 N–H and O–H groups in total. The smallest absolute Gasteiger partial charge is 0.323 e. The third-order valence-electron chi connectivity index (χ3n) is 2.25. The number of rotatable bonds is 5. The van der Waals surface area contributed by atoms with Gasteiger partial charge in [0.15, 0.2) is 0 Å². The van der Waals surface area contributed by atoms with E-state index in [9.17, 15) is 4.79 Å². The SMILES string of the molecule is CC(N=[N+]=[N-])[C@H](N)C(=O)OCc1ccccc1. The zero-order valence-corrected chi connectivity index (χ0v) is 9.48. The molecule has 0 heterocycles. The van der Waals surface area contributed by atoms with E-state index in [0.29, 0.717) is 0 Å². The van der Waals surface area contributed by atoms with Crippen LogP contribution in [-0.2, 0) is 16.1 Å². The maximum atomic E-state index is 11.5. The number of benzene rings is 1. The molecule has 0 saturated carbocycles. The summed E-state index contributed by atoms with van der Waals surface area (Å²) in [7, 11) is 0. The topological polar surface area (TPSA) is 101 Å². The molecule has 1 aromatic rings. The largest absolute Gasteiger partial charge is 0.460 e. The van der Waals surface area contributed by atoms with Gasteiger partial charge in [-0.15, -0.1) is 0 Å². The summed E-state index contributed by atoms with van der Waals surface area (Å²) in [6.07, 6.45) is 0. The van der Waals surface area contributed by atoms with Crippen molar-refractivity contribution in [2.75, 3.05) is 0 Å². The molecule has 0 aromatic heterocycles. The summed E-state index contributed by atoms with van der Waals surface area (Å²) >= 11 is 0. The minimum absolute atomic E-state index is 0.163. The third kappa shape index (κ3) is 4.14. The average molecular weight is 234 g/mol. The summed E-state index contributed by atoms with van der Waals surface area (Å²) in [5.41, 5.74) is 14.7. The Hall–Kier alpha value is -2.04. The lowest BCUT2D eigenvalue weighted by molar-refractivity contribution is -0.146. The van der Waals surface area contributed by atoms with Crippen LogP contribution < -0.4 is 5.73 Å². The van der Waals surface area contributed by atoms with Crippen LogP contribution in [0.2, 0.25) is 0 Å². The molecule has 6 heteroatoms. The van der Waals surface area contributed by atoms with Gasteiger partial charge in [0.2, 0.25) is 0 Å². The van der Waals surface area contributed by atoms with Crippen molar-refractivity contribution >= 4 is 5.97 Å². The van der Waals surface area contributed by atoms with Gasteiger partial charge in [-0.05, 0) is 11.1 Å². The highest BCUT2D eigenvalue weighted by molar-refractivity contribution is 5.76. The van der Waals surface area contributed by atoms with E-state index in [1.807, 2.05) is 30.3 Å². The second kappa shape index (κ2) is 6.52. The monoisotopic (exact) mass is 234 g/mol. The Labute approximate surface area is 99.0 Å². The summed E-state index contributed by atoms with van der Waals surface area (Å²) in [4.78, 5) is 14.1. The van der Waals surface area contributed by atoms with Gasteiger partial charge in [-0.1, -0.05) is 42.4 Å². The van der Waals surface area contributed by atoms with Gasteiger partial charge in [0, 0.05) is 4.91 Å². The van der Waals surface area contributed by atoms with Crippen molar-refractivity contribution in [3.63, 3.8) is 0 Å². The normalized spacial score (nSPS) is 13.3. The molecular weight excluding hydrogens is 220 g/mol. The molecule has 90 valence electrons. The van der Waals surface area contributed by atoms with E-state index >= 15 is 0 Å². The zero-order valence-electron chi connectivity index (χ0n) is 9.48. The fraction of sp³-hybridized carbons (Fsp3) is 0.364. The standard InChI is InChI=1S/C11H14N4O2/c1-8(14-15-13)10(12)11(16)17-7-9-5-3-2-4-6-9/h2-6,8,10H,7,12H2,1H3/t8?,10-/m0/s1. The number of nitrogens with zero attached hydrogens (tertiary/aromatic N) is 3. The molecule has 0 aliphatic carbocycles. The van der Waals surface area contributed by atoms with Crippen LogP contribution in [0.4, 0.5) is 0 Å². The van der Waals surface area contributed by atoms with Gasteiger partial charge < -0.3 is 10.5 Å². The van der Waals surface area contributed by atoms with E-state index in [1.165, 1.54) is 0 Å². The van der Waals surface area contributed by atoms with Gasteiger partial charge in [-0.3, -0.25) is 4.79 Å². The van der Waals surface area contributed by atoms with Gasteiger partial charge in [-0.25, -0.2) is 0 Å². The molecule has 0 spiro atoms. The van der Waals surface area contributed by atoms with Crippen LogP contribution in [0.3, 0.4) is 0 Å². The van der Waals surface area contributed by atoms with E-state index in [0.717, 1.165) is 5.56 Å². The number of carbonyl (C=O) groups is 1. The molecule has 0 fully saturated rings. The van der Waals surface area contributed by atoms with Crippen LogP contribution in [0.5, 0.6) is 0 Å². The molecular formula is C11H14N4O2. The molecule has 1 aromatic carbocycles. The Morgan fingerprint density at radius 1 is 1.53 bits per heavy atom. The van der Waals surface area contributed by atoms with Gasteiger partial charge in [0.25, 0.3) is 0 Å². The first-order chi connectivity index (χ1) is 8.15. The fourth-order valence-corrected chi connectivity index (χ4v) is 1.18. The molecule has 0 saturated heterocycles. The number of carbonyl (C=O) groups excluding carboxylic acids is 1. The van der Waals surface area contributed by atoms with Crippen LogP contribution in [0.1, 0.15) is 12.5 Å². The van der Waals surface area contributed by atoms with Crippen LogP contribution in [0, 0.1) is 0 Å². The van der Waals surface area contributed by atoms with Crippen LogP contribution in [-0.4, -0.2) is 18.1 Å². The molecule has 0 radical (unpaired) electrons. The lowest BCUT2D eigenvalue weighted by Gasteiger charge is -2.14. The summed E-state index contributed by atoms with van der Waals surface area (Å²) in [5, 5.41) is 3.36. The molecule has 0 amide bonds. The minimum atomic E-state index is -0.936. The minimum Gasteiger partial charge on any atom is -0.460 e. The van der Waals surface area contributed by atoms with Gasteiger partial charge >= 0.3 is 5.97 Å². The first kappa shape index (κ1) is 13.0. The summed E-state index contributed by atoms with van der Waals surface area (Å²) in [5.74, 6) is -0.575. The third-order valence-corrected chi connectivity index (χ3v) is 2.25. The Morgan fingerprint density at radius 2 is 2.18 bits per heavy atom. The molecule has 2 atom stereocenters. The second-order valence-electron chi connectivity index (χ2n) is 3.56. The lowest BCUT2D eigenvalue weighted by Crippen LogP contribution is -2.40. The lowest BCUT2D eigenvalue weighted by atomic mass is 10.2. The maximum Gasteiger partial charge on any atom is 0.323 e. The van der Waals surface area contributed by atoms with Gasteiger partial charge in [0.1, 0.15) is 12.6 Å². The van der Waals surface area contributed by atoms with Crippen molar-refractivity contribution in [2.45, 2.75) is 25.6 Å². The predicted molar refractivity (Wildman–Crippen MR) is 62.8 cm³/mol. The Kier molecular flexibility index (Phi) is 5.00. The summed E-state index contributed by atoms with van der Waals surface area (Å²) in [6, 6.07) is 7.71. The van der Waals surface area contributed by atoms with Crippen molar-refractivity contribution in [2.24, 2.45) is 10.8 Å². The molecule has 1 rings (SSSR count). The van der Waals surface area contributed by atoms with Crippen molar-refractivity contribution in [1.82, 2.24) is 0 Å². The Balaban J connectivity index is 2.47. The quantitative estimate of drug-likeness (QED) is 0.363. The molecule has 1 unspecified atom stereocenters. The first-order valence-electron chi connectivity index (χ1n) is 5.15. The molecule has 6 nitrogen and oxygen atoms in total. The molecule has 0 aliphatic rings. The number of hydrogen-bond acceptors (Lipinski definition) is 4. The number of azide groups is 1. The molecule has 17 heavy (non-hydrogen) atoms. The van der Waals surface area contributed by atoms with Crippen molar-refractivity contribution in [3.05, 3.63) is 46.3 Å². The van der Waals surface area contributed by atoms with Gasteiger partial charge in [-0.2, -0.15) is 0 Å². The Bertz CT molecular complexity index is 415. The van der Waals surface area contributed by atoms with E-state index in [-0.39, 0.29) is 6.61 Å². The van der Waals surface area contributed by atoms with Crippen LogP contribution >= 0.6 is 0 Å². The number of esters is 1. The summed E-state index contributed by atoms with van der Waals surface area (Å²) < 4.78 is 5.01. The molecule has 0 bridgehead atoms. The van der Waals surface area contributed by atoms with E-state index in [4.69, 9.17) is 16.0 Å². The maximum absolute atomic E-state index is 11.5. The van der Waals surface area contributed by atoms with Gasteiger partial charge in [0.05, 0.1) is 6.04 Å². The van der Waals surface area contributed by atoms with E-state index < -0.39 is 18.1 Å². The van der Waals surface area contributed by atoms with Crippen molar-refractivity contribution in [1.29, 1.82) is 0 Å². The number of ether oxygens (including phenoxy) is 1. The zero-order chi connectivity index (χ0) is 12.7. The predicted octanol–water partition coefficient (Wildman–Crippen LogP) is 1.76. The highest BCUT2D eigenvalue weighted by Gasteiger charge is 2.21. The van der Waals surface area contributed by atoms with Crippen molar-refractivity contribution < 1.29 is 9.53 Å². The number of nitrogens with two attached hydrogens (primary N) is 1. The average Bonchev–Trinajstić information content (AvgIpc) is 2.36. The summed E-state index contributed by atoms with van der Waals surface area (Å²) in [6.45, 7) is 1.73. The first-order valence-corrected chi connectivity index (χ1v) is 5.15. The second-order valence-corrected chi connectivity index (χ2v) is 3.56. The fourth-order valence-electron chi connectivity index (χ4n) is 1.18. The van der Waals surface area contributed by atoms with Crippen LogP contribution in [0.15, 0.2) is 35.4 Å².